The van der Waals surface area contributed by atoms with Crippen LogP contribution in [0, 0.1) is 6.92 Å². The summed E-state index contributed by atoms with van der Waals surface area (Å²) in [4.78, 5) is 21.5. The van der Waals surface area contributed by atoms with Crippen LogP contribution in [0.5, 0.6) is 0 Å². The minimum absolute atomic E-state index is 0.0207. The molecule has 16 heavy (non-hydrogen) atoms. The predicted octanol–water partition coefficient (Wildman–Crippen LogP) is -0.306. The van der Waals surface area contributed by atoms with Crippen molar-refractivity contribution in [3.8, 4) is 0 Å². The number of nitrogens with zero attached hydrogens (tertiary/aromatic N) is 3. The van der Waals surface area contributed by atoms with Crippen molar-refractivity contribution in [1.82, 2.24) is 15.3 Å². The van der Waals surface area contributed by atoms with E-state index in [0.29, 0.717) is 6.54 Å². The van der Waals surface area contributed by atoms with Gasteiger partial charge in [-0.05, 0) is 13.3 Å². The lowest BCUT2D eigenvalue weighted by molar-refractivity contribution is -0.119. The monoisotopic (exact) mass is 221 g/mol. The van der Waals surface area contributed by atoms with E-state index in [-0.39, 0.29) is 11.9 Å². The Morgan fingerprint density at radius 3 is 3.06 bits per heavy atom. The van der Waals surface area contributed by atoms with Gasteiger partial charge >= 0.3 is 0 Å². The molecule has 1 aromatic heterocycles. The summed E-state index contributed by atoms with van der Waals surface area (Å²) in [6.45, 7) is 3.71. The molecule has 1 fully saturated rings. The standard InChI is InChI=1S/C10H15N5O/c1-7-5-8(14-10(11)13-7)15-4-2-3-12-9(16)6-15/h5H,2-4,6H2,1H3,(H,12,16)(H2,11,13,14). The normalized spacial score (nSPS) is 16.8. The fourth-order valence-corrected chi connectivity index (χ4v) is 1.74. The molecule has 0 spiro atoms. The van der Waals surface area contributed by atoms with E-state index < -0.39 is 0 Å². The van der Waals surface area contributed by atoms with E-state index in [4.69, 9.17) is 5.73 Å². The van der Waals surface area contributed by atoms with Crippen molar-refractivity contribution in [2.75, 3.05) is 30.3 Å². The first kappa shape index (κ1) is 10.7. The number of nitrogen functional groups attached to an aromatic ring is 1. The Hall–Kier alpha value is -1.85. The van der Waals surface area contributed by atoms with Crippen LogP contribution in [0.3, 0.4) is 0 Å². The summed E-state index contributed by atoms with van der Waals surface area (Å²) in [5.74, 6) is 0.994. The van der Waals surface area contributed by atoms with Crippen LogP contribution in [0.2, 0.25) is 0 Å². The number of aromatic nitrogens is 2. The van der Waals surface area contributed by atoms with Gasteiger partial charge in [-0.15, -0.1) is 0 Å². The van der Waals surface area contributed by atoms with Gasteiger partial charge in [-0.1, -0.05) is 0 Å². The van der Waals surface area contributed by atoms with E-state index in [9.17, 15) is 4.79 Å². The van der Waals surface area contributed by atoms with E-state index in [1.54, 1.807) is 0 Å². The van der Waals surface area contributed by atoms with Gasteiger partial charge < -0.3 is 16.0 Å². The Kier molecular flexibility index (Phi) is 2.89. The topological polar surface area (TPSA) is 84.1 Å². The van der Waals surface area contributed by atoms with Crippen molar-refractivity contribution < 1.29 is 4.79 Å². The number of hydrogen-bond acceptors (Lipinski definition) is 5. The first-order valence-electron chi connectivity index (χ1n) is 5.28. The number of aryl methyl sites for hydroxylation is 1. The van der Waals surface area contributed by atoms with Crippen LogP contribution < -0.4 is 16.0 Å². The van der Waals surface area contributed by atoms with E-state index in [2.05, 4.69) is 15.3 Å². The Bertz CT molecular complexity index is 386. The number of nitrogens with two attached hydrogens (primary N) is 1. The molecule has 0 unspecified atom stereocenters. The van der Waals surface area contributed by atoms with Gasteiger partial charge in [-0.2, -0.15) is 4.98 Å². The van der Waals surface area contributed by atoms with Gasteiger partial charge in [0.05, 0.1) is 6.54 Å². The molecule has 0 atom stereocenters. The third-order valence-corrected chi connectivity index (χ3v) is 2.44. The summed E-state index contributed by atoms with van der Waals surface area (Å²) >= 11 is 0. The summed E-state index contributed by atoms with van der Waals surface area (Å²) in [5, 5.41) is 2.82. The van der Waals surface area contributed by atoms with Crippen molar-refractivity contribution >= 4 is 17.7 Å². The van der Waals surface area contributed by atoms with Gasteiger partial charge in [0.15, 0.2) is 0 Å². The predicted molar refractivity (Wildman–Crippen MR) is 61.0 cm³/mol. The highest BCUT2D eigenvalue weighted by Crippen LogP contribution is 2.14. The summed E-state index contributed by atoms with van der Waals surface area (Å²) in [6, 6.07) is 1.84. The van der Waals surface area contributed by atoms with E-state index in [1.807, 2.05) is 17.9 Å². The Balaban J connectivity index is 2.24. The first-order chi connectivity index (χ1) is 7.65. The SMILES string of the molecule is Cc1cc(N2CCCNC(=O)C2)nc(N)n1. The van der Waals surface area contributed by atoms with Crippen molar-refractivity contribution in [2.45, 2.75) is 13.3 Å². The summed E-state index contributed by atoms with van der Waals surface area (Å²) in [7, 11) is 0. The number of hydrogen-bond donors (Lipinski definition) is 2. The molecule has 6 nitrogen and oxygen atoms in total. The Morgan fingerprint density at radius 2 is 2.31 bits per heavy atom. The fraction of sp³-hybridized carbons (Fsp3) is 0.500. The molecule has 0 aromatic carbocycles. The molecule has 1 aliphatic rings. The quantitative estimate of drug-likeness (QED) is 0.679. The van der Waals surface area contributed by atoms with Gasteiger partial charge in [-0.3, -0.25) is 4.79 Å². The Labute approximate surface area is 93.9 Å². The molecule has 0 bridgehead atoms. The molecule has 1 amide bonds. The number of nitrogens with one attached hydrogen (secondary N) is 1. The number of carbonyl (C=O) groups is 1. The smallest absolute Gasteiger partial charge is 0.239 e. The highest BCUT2D eigenvalue weighted by molar-refractivity contribution is 5.81. The van der Waals surface area contributed by atoms with E-state index >= 15 is 0 Å². The molecule has 0 radical (unpaired) electrons. The van der Waals surface area contributed by atoms with Gasteiger partial charge in [0, 0.05) is 24.8 Å². The molecule has 1 aromatic rings. The fourth-order valence-electron chi connectivity index (χ4n) is 1.74. The minimum atomic E-state index is 0.0207. The second-order valence-corrected chi connectivity index (χ2v) is 3.85. The number of carbonyl (C=O) groups excluding carboxylic acids is 1. The maximum Gasteiger partial charge on any atom is 0.239 e. The average molecular weight is 221 g/mol. The van der Waals surface area contributed by atoms with Crippen LogP contribution in [-0.4, -0.2) is 35.5 Å². The van der Waals surface area contributed by atoms with Crippen LogP contribution in [0.15, 0.2) is 6.07 Å². The Morgan fingerprint density at radius 1 is 1.50 bits per heavy atom. The van der Waals surface area contributed by atoms with Crippen molar-refractivity contribution in [2.24, 2.45) is 0 Å². The lowest BCUT2D eigenvalue weighted by Gasteiger charge is -2.20. The van der Waals surface area contributed by atoms with Gasteiger partial charge in [0.25, 0.3) is 0 Å². The molecule has 1 aliphatic heterocycles. The zero-order valence-electron chi connectivity index (χ0n) is 9.23. The van der Waals surface area contributed by atoms with Crippen LogP contribution in [-0.2, 0) is 4.79 Å². The number of amides is 1. The summed E-state index contributed by atoms with van der Waals surface area (Å²) in [5.41, 5.74) is 6.40. The van der Waals surface area contributed by atoms with Crippen LogP contribution in [0.4, 0.5) is 11.8 Å². The highest BCUT2D eigenvalue weighted by atomic mass is 16.2. The van der Waals surface area contributed by atoms with Gasteiger partial charge in [0.2, 0.25) is 11.9 Å². The number of rotatable bonds is 1. The van der Waals surface area contributed by atoms with E-state index in [1.165, 1.54) is 0 Å². The van der Waals surface area contributed by atoms with Crippen LogP contribution in [0.25, 0.3) is 0 Å². The minimum Gasteiger partial charge on any atom is -0.368 e. The molecule has 2 rings (SSSR count). The molecule has 1 saturated heterocycles. The molecular formula is C10H15N5O. The lowest BCUT2D eigenvalue weighted by Crippen LogP contribution is -2.33. The molecule has 6 heteroatoms. The summed E-state index contributed by atoms with van der Waals surface area (Å²) < 4.78 is 0. The zero-order valence-corrected chi connectivity index (χ0v) is 9.23. The van der Waals surface area contributed by atoms with Crippen molar-refractivity contribution in [1.29, 1.82) is 0 Å². The van der Waals surface area contributed by atoms with E-state index in [0.717, 1.165) is 31.0 Å². The second kappa shape index (κ2) is 4.34. The second-order valence-electron chi connectivity index (χ2n) is 3.85. The molecule has 2 heterocycles. The first-order valence-corrected chi connectivity index (χ1v) is 5.28. The maximum absolute atomic E-state index is 11.4. The van der Waals surface area contributed by atoms with Gasteiger partial charge in [0.1, 0.15) is 5.82 Å². The third kappa shape index (κ3) is 2.39. The van der Waals surface area contributed by atoms with Crippen molar-refractivity contribution in [3.63, 3.8) is 0 Å². The highest BCUT2D eigenvalue weighted by Gasteiger charge is 2.16. The zero-order chi connectivity index (χ0) is 11.5. The van der Waals surface area contributed by atoms with Crippen LogP contribution >= 0.6 is 0 Å². The average Bonchev–Trinajstić information content (AvgIpc) is 2.41. The largest absolute Gasteiger partial charge is 0.368 e. The number of anilines is 2. The van der Waals surface area contributed by atoms with Gasteiger partial charge in [-0.25, -0.2) is 4.98 Å². The summed E-state index contributed by atoms with van der Waals surface area (Å²) in [6.07, 6.45) is 0.911. The molecular weight excluding hydrogens is 206 g/mol. The molecule has 0 aliphatic carbocycles. The lowest BCUT2D eigenvalue weighted by atomic mass is 10.3. The maximum atomic E-state index is 11.4. The van der Waals surface area contributed by atoms with Crippen molar-refractivity contribution in [3.05, 3.63) is 11.8 Å². The van der Waals surface area contributed by atoms with Crippen LogP contribution in [0.1, 0.15) is 12.1 Å². The molecule has 3 N–H and O–H groups in total. The molecule has 0 saturated carbocycles. The molecule has 86 valence electrons. The third-order valence-electron chi connectivity index (χ3n) is 2.44.